The van der Waals surface area contributed by atoms with E-state index in [1.54, 1.807) is 18.2 Å². The van der Waals surface area contributed by atoms with Crippen LogP contribution in [0.2, 0.25) is 5.02 Å². The summed E-state index contributed by atoms with van der Waals surface area (Å²) >= 11 is 5.99. The van der Waals surface area contributed by atoms with Crippen LogP contribution in [0.1, 0.15) is 38.2 Å². The minimum Gasteiger partial charge on any atom is -0.493 e. The Balaban J connectivity index is 2.22. The van der Waals surface area contributed by atoms with Crippen molar-refractivity contribution in [2.45, 2.75) is 38.6 Å². The monoisotopic (exact) mass is 318 g/mol. The molecule has 1 saturated carbocycles. The van der Waals surface area contributed by atoms with E-state index in [0.717, 1.165) is 25.7 Å². The van der Waals surface area contributed by atoms with Gasteiger partial charge in [0.1, 0.15) is 17.4 Å². The molecule has 1 aromatic carbocycles. The number of hydrogen-bond donors (Lipinski definition) is 1. The van der Waals surface area contributed by atoms with Crippen LogP contribution in [-0.2, 0) is 4.79 Å². The third kappa shape index (κ3) is 4.25. The molecule has 0 aromatic heterocycles. The van der Waals surface area contributed by atoms with E-state index in [2.05, 4.69) is 5.32 Å². The van der Waals surface area contributed by atoms with Gasteiger partial charge in [0.15, 0.2) is 0 Å². The SMILES string of the molecule is CCOc1ccc(Cl)cc1/C=C(\C#N)C(=O)NC1CCCC1. The lowest BCUT2D eigenvalue weighted by atomic mass is 10.1. The summed E-state index contributed by atoms with van der Waals surface area (Å²) in [6.45, 7) is 2.37. The molecule has 1 aliphatic rings. The number of halogens is 1. The van der Waals surface area contributed by atoms with Crippen molar-refractivity contribution in [3.63, 3.8) is 0 Å². The molecule has 0 aliphatic heterocycles. The number of carbonyl (C=O) groups is 1. The third-order valence-corrected chi connectivity index (χ3v) is 3.86. The lowest BCUT2D eigenvalue weighted by Crippen LogP contribution is -2.33. The summed E-state index contributed by atoms with van der Waals surface area (Å²) < 4.78 is 5.51. The highest BCUT2D eigenvalue weighted by molar-refractivity contribution is 6.30. The number of nitrogens with one attached hydrogen (secondary N) is 1. The molecule has 1 aromatic rings. The number of hydrogen-bond acceptors (Lipinski definition) is 3. The zero-order valence-corrected chi connectivity index (χ0v) is 13.3. The third-order valence-electron chi connectivity index (χ3n) is 3.63. The Morgan fingerprint density at radius 3 is 2.86 bits per heavy atom. The largest absolute Gasteiger partial charge is 0.493 e. The molecule has 1 aliphatic carbocycles. The maximum Gasteiger partial charge on any atom is 0.262 e. The average molecular weight is 319 g/mol. The first-order valence-electron chi connectivity index (χ1n) is 7.49. The van der Waals surface area contributed by atoms with Gasteiger partial charge in [-0.3, -0.25) is 4.79 Å². The zero-order valence-electron chi connectivity index (χ0n) is 12.6. The van der Waals surface area contributed by atoms with Crippen molar-refractivity contribution in [2.24, 2.45) is 0 Å². The van der Waals surface area contributed by atoms with Crippen LogP contribution in [0.4, 0.5) is 0 Å². The van der Waals surface area contributed by atoms with Gasteiger partial charge in [-0.05, 0) is 44.0 Å². The van der Waals surface area contributed by atoms with Crippen LogP contribution < -0.4 is 10.1 Å². The van der Waals surface area contributed by atoms with Gasteiger partial charge in [-0.25, -0.2) is 0 Å². The highest BCUT2D eigenvalue weighted by Crippen LogP contribution is 2.25. The maximum atomic E-state index is 12.2. The highest BCUT2D eigenvalue weighted by atomic mass is 35.5. The molecule has 1 amide bonds. The van der Waals surface area contributed by atoms with Crippen LogP contribution >= 0.6 is 11.6 Å². The second-order valence-electron chi connectivity index (χ2n) is 5.24. The molecule has 0 saturated heterocycles. The minimum absolute atomic E-state index is 0.0649. The first-order chi connectivity index (χ1) is 10.6. The molecule has 22 heavy (non-hydrogen) atoms. The summed E-state index contributed by atoms with van der Waals surface area (Å²) in [5.74, 6) is 0.269. The van der Waals surface area contributed by atoms with Crippen molar-refractivity contribution in [2.75, 3.05) is 6.61 Å². The number of benzene rings is 1. The number of rotatable bonds is 5. The zero-order chi connectivity index (χ0) is 15.9. The fourth-order valence-corrected chi connectivity index (χ4v) is 2.74. The fraction of sp³-hybridized carbons (Fsp3) is 0.412. The van der Waals surface area contributed by atoms with E-state index in [9.17, 15) is 10.1 Å². The van der Waals surface area contributed by atoms with Crippen LogP contribution in [0.3, 0.4) is 0 Å². The summed E-state index contributed by atoms with van der Waals surface area (Å²) in [6, 6.07) is 7.28. The van der Waals surface area contributed by atoms with E-state index in [-0.39, 0.29) is 17.5 Å². The first-order valence-corrected chi connectivity index (χ1v) is 7.87. The molecule has 4 nitrogen and oxygen atoms in total. The van der Waals surface area contributed by atoms with E-state index in [1.165, 1.54) is 6.08 Å². The molecule has 116 valence electrons. The Kier molecular flexibility index (Phi) is 5.85. The van der Waals surface area contributed by atoms with Gasteiger partial charge in [0.2, 0.25) is 0 Å². The van der Waals surface area contributed by atoms with Gasteiger partial charge < -0.3 is 10.1 Å². The molecule has 2 rings (SSSR count). The van der Waals surface area contributed by atoms with Gasteiger partial charge in [-0.15, -0.1) is 0 Å². The van der Waals surface area contributed by atoms with Gasteiger partial charge >= 0.3 is 0 Å². The normalized spacial score (nSPS) is 15.4. The summed E-state index contributed by atoms with van der Waals surface area (Å²) in [4.78, 5) is 12.2. The van der Waals surface area contributed by atoms with Crippen molar-refractivity contribution < 1.29 is 9.53 Å². The van der Waals surface area contributed by atoms with E-state index < -0.39 is 0 Å². The lowest BCUT2D eigenvalue weighted by molar-refractivity contribution is -0.117. The summed E-state index contributed by atoms with van der Waals surface area (Å²) in [5.41, 5.74) is 0.697. The second-order valence-corrected chi connectivity index (χ2v) is 5.68. The smallest absolute Gasteiger partial charge is 0.262 e. The molecular formula is C17H19ClN2O2. The standard InChI is InChI=1S/C17H19ClN2O2/c1-2-22-16-8-7-14(18)10-12(16)9-13(11-19)17(21)20-15-5-3-4-6-15/h7-10,15H,2-6H2,1H3,(H,20,21)/b13-9+. The Morgan fingerprint density at radius 2 is 2.23 bits per heavy atom. The van der Waals surface area contributed by atoms with Crippen molar-refractivity contribution in [3.8, 4) is 11.8 Å². The molecule has 0 unspecified atom stereocenters. The maximum absolute atomic E-state index is 12.2. The molecular weight excluding hydrogens is 300 g/mol. The molecule has 5 heteroatoms. The number of carbonyl (C=O) groups excluding carboxylic acids is 1. The van der Waals surface area contributed by atoms with Crippen LogP contribution in [0.5, 0.6) is 5.75 Å². The van der Waals surface area contributed by atoms with Crippen LogP contribution in [-0.4, -0.2) is 18.6 Å². The Hall–Kier alpha value is -1.99. The molecule has 1 fully saturated rings. The van der Waals surface area contributed by atoms with Gasteiger partial charge in [-0.2, -0.15) is 5.26 Å². The summed E-state index contributed by atoms with van der Waals surface area (Å²) in [6.07, 6.45) is 5.73. The Labute approximate surface area is 135 Å². The van der Waals surface area contributed by atoms with Crippen molar-refractivity contribution in [3.05, 3.63) is 34.4 Å². The molecule has 0 radical (unpaired) electrons. The Morgan fingerprint density at radius 1 is 1.50 bits per heavy atom. The number of amides is 1. The fourth-order valence-electron chi connectivity index (χ4n) is 2.56. The predicted molar refractivity (Wildman–Crippen MR) is 86.6 cm³/mol. The van der Waals surface area contributed by atoms with Gasteiger partial charge in [-0.1, -0.05) is 24.4 Å². The summed E-state index contributed by atoms with van der Waals surface area (Å²) in [7, 11) is 0. The predicted octanol–water partition coefficient (Wildman–Crippen LogP) is 3.70. The summed E-state index contributed by atoms with van der Waals surface area (Å²) in [5, 5.41) is 12.7. The van der Waals surface area contributed by atoms with Crippen molar-refractivity contribution in [1.29, 1.82) is 5.26 Å². The minimum atomic E-state index is -0.336. The average Bonchev–Trinajstić information content (AvgIpc) is 3.00. The second kappa shape index (κ2) is 7.86. The molecule has 0 bridgehead atoms. The van der Waals surface area contributed by atoms with Crippen LogP contribution in [0.15, 0.2) is 23.8 Å². The van der Waals surface area contributed by atoms with E-state index >= 15 is 0 Å². The van der Waals surface area contributed by atoms with Crippen molar-refractivity contribution >= 4 is 23.6 Å². The van der Waals surface area contributed by atoms with Gasteiger partial charge in [0, 0.05) is 16.6 Å². The van der Waals surface area contributed by atoms with Crippen LogP contribution in [0.25, 0.3) is 6.08 Å². The molecule has 1 N–H and O–H groups in total. The molecule has 0 heterocycles. The number of nitriles is 1. The topological polar surface area (TPSA) is 62.1 Å². The van der Waals surface area contributed by atoms with Crippen LogP contribution in [0, 0.1) is 11.3 Å². The highest BCUT2D eigenvalue weighted by Gasteiger charge is 2.19. The number of nitrogens with zero attached hydrogens (tertiary/aromatic N) is 1. The van der Waals surface area contributed by atoms with E-state index in [4.69, 9.17) is 16.3 Å². The molecule has 0 spiro atoms. The Bertz CT molecular complexity index is 614. The quantitative estimate of drug-likeness (QED) is 0.665. The molecule has 0 atom stereocenters. The van der Waals surface area contributed by atoms with Gasteiger partial charge in [0.05, 0.1) is 6.61 Å². The lowest BCUT2D eigenvalue weighted by Gasteiger charge is -2.12. The van der Waals surface area contributed by atoms with Crippen molar-refractivity contribution in [1.82, 2.24) is 5.32 Å². The van der Waals surface area contributed by atoms with E-state index in [1.807, 2.05) is 13.0 Å². The number of ether oxygens (including phenoxy) is 1. The van der Waals surface area contributed by atoms with E-state index in [0.29, 0.717) is 22.9 Å². The van der Waals surface area contributed by atoms with Gasteiger partial charge in [0.25, 0.3) is 5.91 Å². The first kappa shape index (κ1) is 16.4.